The zero-order chi connectivity index (χ0) is 13.7. The topological polar surface area (TPSA) is 12.0 Å². The fraction of sp³-hybridized carbons (Fsp3) is 0.143. The molecule has 0 saturated heterocycles. The predicted octanol–water partition coefficient (Wildman–Crippen LogP) is 6.05. The maximum absolute atomic E-state index is 6.04. The Labute approximate surface area is 135 Å². The number of thioether (sulfide) groups is 1. The number of benzene rings is 1. The van der Waals surface area contributed by atoms with Crippen molar-refractivity contribution in [1.82, 2.24) is 0 Å². The molecule has 0 amide bonds. The van der Waals surface area contributed by atoms with Crippen LogP contribution in [0.15, 0.2) is 52.4 Å². The summed E-state index contributed by atoms with van der Waals surface area (Å²) < 4.78 is 1.76. The molecule has 0 atom stereocenters. The van der Waals surface area contributed by atoms with Gasteiger partial charge in [-0.3, -0.25) is 0 Å². The minimum atomic E-state index is 0.779. The van der Waals surface area contributed by atoms with Crippen molar-refractivity contribution in [3.63, 3.8) is 0 Å². The molecule has 0 spiro atoms. The summed E-state index contributed by atoms with van der Waals surface area (Å²) in [6.45, 7) is 4.53. The molecule has 100 valence electrons. The molecule has 0 radical (unpaired) electrons. The number of anilines is 1. The molecule has 0 aliphatic heterocycles. The van der Waals surface area contributed by atoms with Crippen LogP contribution in [0, 0.1) is 0 Å². The number of rotatable bonds is 6. The molecule has 0 fully saturated rings. The first-order chi connectivity index (χ1) is 9.20. The lowest BCUT2D eigenvalue weighted by molar-refractivity contribution is 1.17. The van der Waals surface area contributed by atoms with Crippen LogP contribution in [0.5, 0.6) is 0 Å². The molecule has 1 aromatic heterocycles. The van der Waals surface area contributed by atoms with Crippen LogP contribution in [0.25, 0.3) is 0 Å². The molecule has 0 saturated carbocycles. The summed E-state index contributed by atoms with van der Waals surface area (Å²) in [5.41, 5.74) is 1.15. The van der Waals surface area contributed by atoms with E-state index in [1.807, 2.05) is 12.1 Å². The van der Waals surface area contributed by atoms with Crippen molar-refractivity contribution in [2.75, 3.05) is 11.1 Å². The molecule has 1 heterocycles. The second-order valence-electron chi connectivity index (χ2n) is 3.78. The summed E-state index contributed by atoms with van der Waals surface area (Å²) in [7, 11) is 0. The highest BCUT2D eigenvalue weighted by Gasteiger charge is 2.06. The standard InChI is InChI=1S/C14H13BrClNS2/c1-2-7-18-13-6-4-3-5-12(13)17-9-10-8-11(15)14(16)19-10/h2-6,8,17H,1,7,9H2. The monoisotopic (exact) mass is 373 g/mol. The van der Waals surface area contributed by atoms with Gasteiger partial charge in [0.05, 0.1) is 0 Å². The highest BCUT2D eigenvalue weighted by Crippen LogP contribution is 2.33. The maximum atomic E-state index is 6.04. The Kier molecular flexibility index (Phi) is 5.82. The van der Waals surface area contributed by atoms with Crippen LogP contribution >= 0.6 is 50.6 Å². The molecular weight excluding hydrogens is 362 g/mol. The summed E-state index contributed by atoms with van der Waals surface area (Å²) in [6, 6.07) is 10.4. The molecule has 1 N–H and O–H groups in total. The van der Waals surface area contributed by atoms with E-state index in [4.69, 9.17) is 11.6 Å². The van der Waals surface area contributed by atoms with E-state index < -0.39 is 0 Å². The summed E-state index contributed by atoms with van der Waals surface area (Å²) in [4.78, 5) is 2.45. The van der Waals surface area contributed by atoms with Gasteiger partial charge in [-0.2, -0.15) is 0 Å². The van der Waals surface area contributed by atoms with Crippen molar-refractivity contribution < 1.29 is 0 Å². The predicted molar refractivity (Wildman–Crippen MR) is 91.7 cm³/mol. The Hall–Kier alpha value is -0.420. The largest absolute Gasteiger partial charge is 0.379 e. The Morgan fingerprint density at radius 2 is 2.21 bits per heavy atom. The van der Waals surface area contributed by atoms with Crippen LogP contribution in [0.3, 0.4) is 0 Å². The average Bonchev–Trinajstić information content (AvgIpc) is 2.74. The van der Waals surface area contributed by atoms with Crippen molar-refractivity contribution in [2.24, 2.45) is 0 Å². The van der Waals surface area contributed by atoms with Crippen molar-refractivity contribution in [3.05, 3.63) is 56.7 Å². The second kappa shape index (κ2) is 7.39. The van der Waals surface area contributed by atoms with Gasteiger partial charge in [-0.15, -0.1) is 29.7 Å². The minimum absolute atomic E-state index is 0.779. The fourth-order valence-electron chi connectivity index (χ4n) is 1.55. The van der Waals surface area contributed by atoms with Gasteiger partial charge < -0.3 is 5.32 Å². The van der Waals surface area contributed by atoms with Crippen LogP contribution < -0.4 is 5.32 Å². The van der Waals surface area contributed by atoms with E-state index in [0.717, 1.165) is 26.8 Å². The highest BCUT2D eigenvalue weighted by molar-refractivity contribution is 9.10. The zero-order valence-corrected chi connectivity index (χ0v) is 14.1. The van der Waals surface area contributed by atoms with Gasteiger partial charge in [-0.1, -0.05) is 29.8 Å². The molecule has 0 bridgehead atoms. The molecule has 0 aliphatic rings. The lowest BCUT2D eigenvalue weighted by Gasteiger charge is -2.10. The van der Waals surface area contributed by atoms with Crippen molar-refractivity contribution in [1.29, 1.82) is 0 Å². The van der Waals surface area contributed by atoms with E-state index in [0.29, 0.717) is 0 Å². The van der Waals surface area contributed by atoms with Gasteiger partial charge in [0.25, 0.3) is 0 Å². The van der Waals surface area contributed by atoms with Gasteiger partial charge in [-0.25, -0.2) is 0 Å². The second-order valence-corrected chi connectivity index (χ2v) is 7.44. The third-order valence-electron chi connectivity index (χ3n) is 2.39. The van der Waals surface area contributed by atoms with Gasteiger partial charge in [0.2, 0.25) is 0 Å². The molecule has 2 rings (SSSR count). The molecule has 0 unspecified atom stereocenters. The third-order valence-corrected chi connectivity index (χ3v) is 5.94. The van der Waals surface area contributed by atoms with Gasteiger partial charge in [0, 0.05) is 32.2 Å². The van der Waals surface area contributed by atoms with Crippen LogP contribution in [-0.2, 0) is 6.54 Å². The molecule has 19 heavy (non-hydrogen) atoms. The minimum Gasteiger partial charge on any atom is -0.379 e. The van der Waals surface area contributed by atoms with Crippen molar-refractivity contribution in [2.45, 2.75) is 11.4 Å². The van der Waals surface area contributed by atoms with Crippen LogP contribution in [0.2, 0.25) is 4.34 Å². The van der Waals surface area contributed by atoms with E-state index >= 15 is 0 Å². The van der Waals surface area contributed by atoms with E-state index in [-0.39, 0.29) is 0 Å². The first-order valence-electron chi connectivity index (χ1n) is 5.71. The van der Waals surface area contributed by atoms with Gasteiger partial charge in [0.15, 0.2) is 0 Å². The molecule has 1 aromatic carbocycles. The normalized spacial score (nSPS) is 10.4. The van der Waals surface area contributed by atoms with Gasteiger partial charge in [-0.05, 0) is 34.1 Å². The Morgan fingerprint density at radius 3 is 2.89 bits per heavy atom. The smallest absolute Gasteiger partial charge is 0.107 e. The Morgan fingerprint density at radius 1 is 1.42 bits per heavy atom. The number of halogens is 2. The van der Waals surface area contributed by atoms with Crippen molar-refractivity contribution in [3.8, 4) is 0 Å². The lowest BCUT2D eigenvalue weighted by atomic mass is 10.3. The maximum Gasteiger partial charge on any atom is 0.107 e. The number of nitrogens with one attached hydrogen (secondary N) is 1. The SMILES string of the molecule is C=CCSc1ccccc1NCc1cc(Br)c(Cl)s1. The number of hydrogen-bond donors (Lipinski definition) is 1. The zero-order valence-electron chi connectivity index (χ0n) is 10.2. The van der Waals surface area contributed by atoms with E-state index in [1.54, 1.807) is 23.1 Å². The molecule has 2 aromatic rings. The van der Waals surface area contributed by atoms with E-state index in [9.17, 15) is 0 Å². The van der Waals surface area contributed by atoms with E-state index in [1.165, 1.54) is 9.77 Å². The fourth-order valence-corrected chi connectivity index (χ4v) is 4.05. The summed E-state index contributed by atoms with van der Waals surface area (Å²) in [5.74, 6) is 0.912. The first kappa shape index (κ1) is 15.0. The lowest BCUT2D eigenvalue weighted by Crippen LogP contribution is -1.98. The molecule has 1 nitrogen and oxygen atoms in total. The third kappa shape index (κ3) is 4.28. The number of hydrogen-bond acceptors (Lipinski definition) is 3. The summed E-state index contributed by atoms with van der Waals surface area (Å²) in [5, 5.41) is 3.45. The highest BCUT2D eigenvalue weighted by atomic mass is 79.9. The molecular formula is C14H13BrClNS2. The quantitative estimate of drug-likeness (QED) is 0.487. The van der Waals surface area contributed by atoms with Crippen LogP contribution in [0.1, 0.15) is 4.88 Å². The Balaban J connectivity index is 2.04. The Bertz CT molecular complexity index is 549. The molecule has 0 aliphatic carbocycles. The van der Waals surface area contributed by atoms with E-state index in [2.05, 4.69) is 52.1 Å². The van der Waals surface area contributed by atoms with Gasteiger partial charge in [0.1, 0.15) is 4.34 Å². The first-order valence-corrected chi connectivity index (χ1v) is 8.68. The number of thiophene rings is 1. The van der Waals surface area contributed by atoms with Gasteiger partial charge >= 0.3 is 0 Å². The molecule has 5 heteroatoms. The van der Waals surface area contributed by atoms with Crippen LogP contribution in [-0.4, -0.2) is 5.75 Å². The average molecular weight is 375 g/mol. The number of para-hydroxylation sites is 1. The van der Waals surface area contributed by atoms with Crippen LogP contribution in [0.4, 0.5) is 5.69 Å². The van der Waals surface area contributed by atoms with Crippen molar-refractivity contribution >= 4 is 56.3 Å². The summed E-state index contributed by atoms with van der Waals surface area (Å²) in [6.07, 6.45) is 1.91. The summed E-state index contributed by atoms with van der Waals surface area (Å²) >= 11 is 12.8.